The monoisotopic (exact) mass is 814 g/mol. The SMILES string of the molecule is C[Si]1(C)c2ccccc2N(c2ccc3sc4ccccc4c3c2)c2ccc(-n3c4ccccc4c4ccc(C(c5ccccc5)(c5ccccc5)c5ccccc5)cc43)cc21. The van der Waals surface area contributed by atoms with Gasteiger partial charge in [-0.25, -0.2) is 0 Å². The highest BCUT2D eigenvalue weighted by molar-refractivity contribution is 7.25. The molecular weight excluding hydrogens is 773 g/mol. The minimum atomic E-state index is -2.20. The molecule has 0 saturated carbocycles. The summed E-state index contributed by atoms with van der Waals surface area (Å²) in [5.41, 5.74) is 11.8. The van der Waals surface area contributed by atoms with Gasteiger partial charge in [-0.15, -0.1) is 11.3 Å². The summed E-state index contributed by atoms with van der Waals surface area (Å²) in [7, 11) is -2.20. The molecule has 0 aliphatic carbocycles. The van der Waals surface area contributed by atoms with Gasteiger partial charge in [0.25, 0.3) is 0 Å². The number of aromatic nitrogens is 1. The molecule has 0 atom stereocenters. The van der Waals surface area contributed by atoms with Gasteiger partial charge in [-0.2, -0.15) is 0 Å². The van der Waals surface area contributed by atoms with E-state index in [0.29, 0.717) is 0 Å². The molecule has 0 saturated heterocycles. The Balaban J connectivity index is 1.11. The lowest BCUT2D eigenvalue weighted by atomic mass is 9.65. The van der Waals surface area contributed by atoms with Crippen LogP contribution >= 0.6 is 11.3 Å². The topological polar surface area (TPSA) is 8.17 Å². The minimum Gasteiger partial charge on any atom is -0.311 e. The maximum absolute atomic E-state index is 2.53. The van der Waals surface area contributed by atoms with Crippen LogP contribution in [0.3, 0.4) is 0 Å². The Labute approximate surface area is 361 Å². The van der Waals surface area contributed by atoms with E-state index in [1.807, 2.05) is 11.3 Å². The summed E-state index contributed by atoms with van der Waals surface area (Å²) in [4.78, 5) is 2.52. The first-order valence-corrected chi connectivity index (χ1v) is 25.0. The molecule has 9 aromatic carbocycles. The molecule has 4 heteroatoms. The van der Waals surface area contributed by atoms with E-state index in [1.165, 1.54) is 97.4 Å². The van der Waals surface area contributed by atoms with E-state index in [0.717, 1.165) is 0 Å². The van der Waals surface area contributed by atoms with Crippen LogP contribution in [0.5, 0.6) is 0 Å². The fraction of sp³-hybridized carbons (Fsp3) is 0.0526. The number of thiophene rings is 1. The average Bonchev–Trinajstić information content (AvgIpc) is 3.86. The van der Waals surface area contributed by atoms with Crippen molar-refractivity contribution in [3.63, 3.8) is 0 Å². The molecule has 0 unspecified atom stereocenters. The Morgan fingerprint density at radius 2 is 0.934 bits per heavy atom. The summed E-state index contributed by atoms with van der Waals surface area (Å²) in [5.74, 6) is 0. The molecule has 2 aromatic heterocycles. The molecule has 0 bridgehead atoms. The summed E-state index contributed by atoms with van der Waals surface area (Å²) in [5, 5.41) is 8.04. The van der Waals surface area contributed by atoms with Crippen molar-refractivity contribution >= 4 is 88.8 Å². The molecule has 0 spiro atoms. The fourth-order valence-corrected chi connectivity index (χ4v) is 14.6. The van der Waals surface area contributed by atoms with Gasteiger partial charge in [0.1, 0.15) is 8.07 Å². The van der Waals surface area contributed by atoms with Gasteiger partial charge in [0.05, 0.1) is 16.4 Å². The predicted molar refractivity (Wildman–Crippen MR) is 263 cm³/mol. The van der Waals surface area contributed by atoms with E-state index in [1.54, 1.807) is 0 Å². The molecular formula is C57H42N2SSi. The largest absolute Gasteiger partial charge is 0.311 e. The molecule has 0 N–H and O–H groups in total. The number of benzene rings is 9. The van der Waals surface area contributed by atoms with Crippen molar-refractivity contribution in [3.05, 3.63) is 241 Å². The van der Waals surface area contributed by atoms with Gasteiger partial charge in [-0.3, -0.25) is 0 Å². The number of hydrogen-bond donors (Lipinski definition) is 0. The van der Waals surface area contributed by atoms with Crippen LogP contribution in [0.1, 0.15) is 22.3 Å². The third-order valence-corrected chi connectivity index (χ3v) is 18.0. The predicted octanol–water partition coefficient (Wildman–Crippen LogP) is 14.1. The normalized spacial score (nSPS) is 13.5. The molecule has 12 rings (SSSR count). The van der Waals surface area contributed by atoms with Gasteiger partial charge < -0.3 is 9.47 Å². The van der Waals surface area contributed by atoms with Crippen LogP contribution in [0.4, 0.5) is 17.1 Å². The first kappa shape index (κ1) is 35.9. The Morgan fingerprint density at radius 3 is 1.66 bits per heavy atom. The lowest BCUT2D eigenvalue weighted by Crippen LogP contribution is -2.58. The quantitative estimate of drug-likeness (QED) is 0.120. The smallest absolute Gasteiger partial charge is 0.117 e. The molecule has 0 radical (unpaired) electrons. The standard InChI is InChI=1S/C57H42N2SSi/c1-61(2)55-29-17-15-27-50(55)59(43-32-35-54-48(37-43)47-25-13-16-28-53(47)60-54)51-34-31-44(38-56(51)61)58-49-26-14-12-24-45(49)46-33-30-42(36-52(46)58)57(39-18-6-3-7-19-39,40-20-8-4-9-21-40)41-22-10-5-11-23-41/h3-38H,1-2H3. The third-order valence-electron chi connectivity index (χ3n) is 13.3. The highest BCUT2D eigenvalue weighted by atomic mass is 32.1. The molecule has 0 fully saturated rings. The Morgan fingerprint density at radius 1 is 0.377 bits per heavy atom. The van der Waals surface area contributed by atoms with E-state index in [-0.39, 0.29) is 0 Å². The Bertz CT molecular complexity index is 3360. The number of nitrogens with zero attached hydrogens (tertiary/aromatic N) is 2. The Kier molecular flexibility index (Phi) is 8.12. The molecule has 1 aliphatic heterocycles. The zero-order valence-corrected chi connectivity index (χ0v) is 35.9. The summed E-state index contributed by atoms with van der Waals surface area (Å²) < 4.78 is 5.18. The van der Waals surface area contributed by atoms with Crippen LogP contribution in [-0.4, -0.2) is 12.6 Å². The highest BCUT2D eigenvalue weighted by Crippen LogP contribution is 2.48. The maximum atomic E-state index is 2.53. The molecule has 0 amide bonds. The van der Waals surface area contributed by atoms with E-state index in [2.05, 4.69) is 241 Å². The van der Waals surface area contributed by atoms with E-state index >= 15 is 0 Å². The van der Waals surface area contributed by atoms with Gasteiger partial charge in [0, 0.05) is 53.7 Å². The van der Waals surface area contributed by atoms with Crippen LogP contribution in [-0.2, 0) is 5.41 Å². The van der Waals surface area contributed by atoms with Crippen LogP contribution < -0.4 is 15.3 Å². The van der Waals surface area contributed by atoms with Crippen molar-refractivity contribution in [2.24, 2.45) is 0 Å². The van der Waals surface area contributed by atoms with Gasteiger partial charge in [-0.05, 0) is 93.3 Å². The van der Waals surface area contributed by atoms with Crippen LogP contribution in [0.2, 0.25) is 13.1 Å². The van der Waals surface area contributed by atoms with E-state index in [9.17, 15) is 0 Å². The van der Waals surface area contributed by atoms with Crippen molar-refractivity contribution in [1.82, 2.24) is 4.57 Å². The lowest BCUT2D eigenvalue weighted by molar-refractivity contribution is 0.746. The van der Waals surface area contributed by atoms with Gasteiger partial charge in [0.15, 0.2) is 0 Å². The average molecular weight is 815 g/mol. The number of fused-ring (bicyclic) bond motifs is 8. The molecule has 11 aromatic rings. The first-order chi connectivity index (χ1) is 30.0. The molecule has 61 heavy (non-hydrogen) atoms. The summed E-state index contributed by atoms with van der Waals surface area (Å²) in [6.07, 6.45) is 0. The van der Waals surface area contributed by atoms with Crippen molar-refractivity contribution in [3.8, 4) is 5.69 Å². The molecule has 1 aliphatic rings. The number of rotatable bonds is 6. The fourth-order valence-electron chi connectivity index (χ4n) is 10.5. The van der Waals surface area contributed by atoms with Crippen molar-refractivity contribution in [1.29, 1.82) is 0 Å². The molecule has 2 nitrogen and oxygen atoms in total. The van der Waals surface area contributed by atoms with Gasteiger partial charge in [-0.1, -0.05) is 171 Å². The third kappa shape index (κ3) is 5.32. The summed E-state index contributed by atoms with van der Waals surface area (Å²) in [6, 6.07) is 81.6. The molecule has 3 heterocycles. The number of para-hydroxylation sites is 2. The van der Waals surface area contributed by atoms with Crippen LogP contribution in [0.25, 0.3) is 47.7 Å². The van der Waals surface area contributed by atoms with Crippen LogP contribution in [0, 0.1) is 0 Å². The van der Waals surface area contributed by atoms with Crippen molar-refractivity contribution in [2.75, 3.05) is 4.90 Å². The zero-order valence-electron chi connectivity index (χ0n) is 34.1. The van der Waals surface area contributed by atoms with E-state index < -0.39 is 13.5 Å². The minimum absolute atomic E-state index is 0.552. The van der Waals surface area contributed by atoms with Crippen molar-refractivity contribution < 1.29 is 0 Å². The molecule has 290 valence electrons. The summed E-state index contributed by atoms with van der Waals surface area (Å²) >= 11 is 1.87. The first-order valence-electron chi connectivity index (χ1n) is 21.2. The lowest BCUT2D eigenvalue weighted by Gasteiger charge is -2.41. The number of anilines is 3. The zero-order chi connectivity index (χ0) is 40.7. The van der Waals surface area contributed by atoms with E-state index in [4.69, 9.17) is 0 Å². The maximum Gasteiger partial charge on any atom is 0.117 e. The summed E-state index contributed by atoms with van der Waals surface area (Å²) in [6.45, 7) is 5.05. The second-order valence-electron chi connectivity index (χ2n) is 16.9. The van der Waals surface area contributed by atoms with Gasteiger partial charge in [0.2, 0.25) is 0 Å². The number of hydrogen-bond acceptors (Lipinski definition) is 2. The van der Waals surface area contributed by atoms with Gasteiger partial charge >= 0.3 is 0 Å². The van der Waals surface area contributed by atoms with Crippen LogP contribution in [0.15, 0.2) is 218 Å². The van der Waals surface area contributed by atoms with Crippen molar-refractivity contribution in [2.45, 2.75) is 18.5 Å². The Hall–Kier alpha value is -6.98. The second kappa shape index (κ2) is 13.8. The second-order valence-corrected chi connectivity index (χ2v) is 22.3. The highest BCUT2D eigenvalue weighted by Gasteiger charge is 2.40.